The van der Waals surface area contributed by atoms with Gasteiger partial charge >= 0.3 is 11.7 Å². The number of carbonyl (C=O) groups excluding carboxylic acids is 1. The molecule has 1 aromatic carbocycles. The van der Waals surface area contributed by atoms with Crippen molar-refractivity contribution in [2.24, 2.45) is 14.1 Å². The Labute approximate surface area is 151 Å². The average molecular weight is 363 g/mol. The van der Waals surface area contributed by atoms with Crippen LogP contribution in [0.1, 0.15) is 0 Å². The molecule has 0 bridgehead atoms. The maximum atomic E-state index is 12.3. The summed E-state index contributed by atoms with van der Waals surface area (Å²) in [6.45, 7) is 1.97. The van der Waals surface area contributed by atoms with E-state index >= 15 is 0 Å². The molecule has 0 spiro atoms. The molecule has 1 aliphatic heterocycles. The maximum Gasteiger partial charge on any atom is 0.328 e. The van der Waals surface area contributed by atoms with Gasteiger partial charge in [-0.25, -0.2) is 9.59 Å². The first-order valence-corrected chi connectivity index (χ1v) is 8.49. The first kappa shape index (κ1) is 18.3. The summed E-state index contributed by atoms with van der Waals surface area (Å²) >= 11 is 0. The number of aromatic nitrogens is 2. The molecule has 2 aromatic rings. The SMILES string of the molecule is CN(C)c1cc2c(cc1NC(=O)NC[C@@H]1COCCO1)n(C)c(=O)n2C. The molecule has 1 fully saturated rings. The van der Waals surface area contributed by atoms with Crippen molar-refractivity contribution >= 4 is 28.4 Å². The fraction of sp³-hybridized carbons (Fsp3) is 0.529. The van der Waals surface area contributed by atoms with Crippen LogP contribution in [0.25, 0.3) is 11.0 Å². The number of anilines is 2. The van der Waals surface area contributed by atoms with E-state index < -0.39 is 0 Å². The van der Waals surface area contributed by atoms with Gasteiger partial charge in [-0.15, -0.1) is 0 Å². The number of benzene rings is 1. The fourth-order valence-corrected chi connectivity index (χ4v) is 3.03. The lowest BCUT2D eigenvalue weighted by Crippen LogP contribution is -2.41. The molecule has 2 heterocycles. The quantitative estimate of drug-likeness (QED) is 0.825. The molecule has 9 heteroatoms. The number of nitrogens with one attached hydrogen (secondary N) is 2. The minimum atomic E-state index is -0.331. The van der Waals surface area contributed by atoms with Crippen molar-refractivity contribution in [3.8, 4) is 0 Å². The lowest BCUT2D eigenvalue weighted by Gasteiger charge is -2.23. The second-order valence-electron chi connectivity index (χ2n) is 6.56. The Morgan fingerprint density at radius 2 is 1.92 bits per heavy atom. The smallest absolute Gasteiger partial charge is 0.328 e. The maximum absolute atomic E-state index is 12.3. The topological polar surface area (TPSA) is 89.8 Å². The minimum absolute atomic E-state index is 0.110. The molecule has 1 saturated heterocycles. The number of rotatable bonds is 4. The number of urea groups is 1. The van der Waals surface area contributed by atoms with Crippen LogP contribution in [0.15, 0.2) is 16.9 Å². The van der Waals surface area contributed by atoms with Crippen LogP contribution >= 0.6 is 0 Å². The van der Waals surface area contributed by atoms with Crippen LogP contribution in [0.4, 0.5) is 16.2 Å². The molecule has 26 heavy (non-hydrogen) atoms. The van der Waals surface area contributed by atoms with Crippen LogP contribution in [0.5, 0.6) is 0 Å². The van der Waals surface area contributed by atoms with Crippen LogP contribution in [0, 0.1) is 0 Å². The number of carbonyl (C=O) groups is 1. The Balaban J connectivity index is 1.81. The average Bonchev–Trinajstić information content (AvgIpc) is 2.84. The molecule has 3 rings (SSSR count). The predicted molar refractivity (Wildman–Crippen MR) is 100 cm³/mol. The second kappa shape index (κ2) is 7.38. The number of amides is 2. The van der Waals surface area contributed by atoms with Crippen molar-refractivity contribution in [3.05, 3.63) is 22.6 Å². The van der Waals surface area contributed by atoms with E-state index in [1.54, 1.807) is 23.2 Å². The zero-order valence-electron chi connectivity index (χ0n) is 15.5. The van der Waals surface area contributed by atoms with Crippen molar-refractivity contribution in [2.45, 2.75) is 6.10 Å². The van der Waals surface area contributed by atoms with Gasteiger partial charge in [0.2, 0.25) is 0 Å². The summed E-state index contributed by atoms with van der Waals surface area (Å²) in [4.78, 5) is 26.4. The van der Waals surface area contributed by atoms with Gasteiger partial charge in [0.15, 0.2) is 0 Å². The lowest BCUT2D eigenvalue weighted by molar-refractivity contribution is -0.0852. The largest absolute Gasteiger partial charge is 0.376 e. The normalized spacial score (nSPS) is 17.3. The van der Waals surface area contributed by atoms with Gasteiger partial charge in [-0.3, -0.25) is 9.13 Å². The van der Waals surface area contributed by atoms with Gasteiger partial charge in [0.05, 0.1) is 48.3 Å². The van der Waals surface area contributed by atoms with E-state index in [1.165, 1.54) is 0 Å². The first-order chi connectivity index (χ1) is 12.4. The third-order valence-corrected chi connectivity index (χ3v) is 4.49. The van der Waals surface area contributed by atoms with Crippen LogP contribution in [-0.4, -0.2) is 61.7 Å². The van der Waals surface area contributed by atoms with Gasteiger partial charge in [-0.05, 0) is 12.1 Å². The van der Waals surface area contributed by atoms with Gasteiger partial charge in [0.25, 0.3) is 0 Å². The van der Waals surface area contributed by atoms with E-state index in [0.29, 0.717) is 32.1 Å². The molecule has 0 saturated carbocycles. The highest BCUT2D eigenvalue weighted by Gasteiger charge is 2.17. The van der Waals surface area contributed by atoms with Gasteiger partial charge in [0, 0.05) is 34.7 Å². The Morgan fingerprint density at radius 1 is 1.23 bits per heavy atom. The number of ether oxygens (including phenoxy) is 2. The minimum Gasteiger partial charge on any atom is -0.376 e. The van der Waals surface area contributed by atoms with E-state index in [0.717, 1.165) is 16.7 Å². The molecule has 1 atom stereocenters. The van der Waals surface area contributed by atoms with E-state index in [9.17, 15) is 9.59 Å². The monoisotopic (exact) mass is 363 g/mol. The highest BCUT2D eigenvalue weighted by Crippen LogP contribution is 2.29. The van der Waals surface area contributed by atoms with Gasteiger partial charge in [-0.1, -0.05) is 0 Å². The van der Waals surface area contributed by atoms with Crippen molar-refractivity contribution < 1.29 is 14.3 Å². The zero-order valence-corrected chi connectivity index (χ0v) is 15.5. The van der Waals surface area contributed by atoms with E-state index in [4.69, 9.17) is 9.47 Å². The van der Waals surface area contributed by atoms with Crippen molar-refractivity contribution in [1.82, 2.24) is 14.5 Å². The molecule has 142 valence electrons. The summed E-state index contributed by atoms with van der Waals surface area (Å²) in [6, 6.07) is 3.37. The molecule has 9 nitrogen and oxygen atoms in total. The highest BCUT2D eigenvalue weighted by molar-refractivity contribution is 5.97. The molecule has 0 unspecified atom stereocenters. The molecular formula is C17H25N5O4. The van der Waals surface area contributed by atoms with E-state index in [2.05, 4.69) is 10.6 Å². The van der Waals surface area contributed by atoms with Gasteiger partial charge in [-0.2, -0.15) is 0 Å². The van der Waals surface area contributed by atoms with Crippen molar-refractivity contribution in [1.29, 1.82) is 0 Å². The Bertz CT molecular complexity index is 864. The lowest BCUT2D eigenvalue weighted by atomic mass is 10.2. The summed E-state index contributed by atoms with van der Waals surface area (Å²) in [7, 11) is 7.22. The van der Waals surface area contributed by atoms with E-state index in [1.807, 2.05) is 31.1 Å². The second-order valence-corrected chi connectivity index (χ2v) is 6.56. The van der Waals surface area contributed by atoms with E-state index in [-0.39, 0.29) is 17.8 Å². The summed E-state index contributed by atoms with van der Waals surface area (Å²) in [5.74, 6) is 0. The van der Waals surface area contributed by atoms with Crippen LogP contribution in [0.3, 0.4) is 0 Å². The molecule has 2 N–H and O–H groups in total. The van der Waals surface area contributed by atoms with Crippen LogP contribution < -0.4 is 21.2 Å². The summed E-state index contributed by atoms with van der Waals surface area (Å²) in [6.07, 6.45) is -0.139. The molecular weight excluding hydrogens is 338 g/mol. The number of hydrogen-bond donors (Lipinski definition) is 2. The highest BCUT2D eigenvalue weighted by atomic mass is 16.6. The predicted octanol–water partition coefficient (Wildman–Crippen LogP) is 0.480. The molecule has 1 aliphatic rings. The van der Waals surface area contributed by atoms with Gasteiger partial charge < -0.3 is 25.0 Å². The Kier molecular flexibility index (Phi) is 5.19. The number of hydrogen-bond acceptors (Lipinski definition) is 5. The van der Waals surface area contributed by atoms with Crippen molar-refractivity contribution in [2.75, 3.05) is 50.7 Å². The standard InChI is InChI=1S/C17H25N5O4/c1-20(2)13-8-15-14(21(3)17(24)22(15)4)7-12(13)19-16(23)18-9-11-10-25-5-6-26-11/h7-8,11H,5-6,9-10H2,1-4H3,(H2,18,19,23)/t11-/m1/s1. The molecule has 0 aliphatic carbocycles. The van der Waals surface area contributed by atoms with Crippen LogP contribution in [-0.2, 0) is 23.6 Å². The number of imidazole rings is 1. The molecule has 1 aromatic heterocycles. The Morgan fingerprint density at radius 3 is 2.54 bits per heavy atom. The van der Waals surface area contributed by atoms with Gasteiger partial charge in [0.1, 0.15) is 0 Å². The summed E-state index contributed by atoms with van der Waals surface area (Å²) in [5.41, 5.74) is 2.89. The third-order valence-electron chi connectivity index (χ3n) is 4.49. The number of nitrogens with zero attached hydrogens (tertiary/aromatic N) is 3. The van der Waals surface area contributed by atoms with Crippen LogP contribution in [0.2, 0.25) is 0 Å². The first-order valence-electron chi connectivity index (χ1n) is 8.49. The Hall–Kier alpha value is -2.52. The number of aryl methyl sites for hydroxylation is 2. The zero-order chi connectivity index (χ0) is 18.8. The third kappa shape index (κ3) is 3.54. The summed E-state index contributed by atoms with van der Waals surface area (Å²) in [5, 5.41) is 5.67. The summed E-state index contributed by atoms with van der Waals surface area (Å²) < 4.78 is 14.0. The van der Waals surface area contributed by atoms with Crippen molar-refractivity contribution in [3.63, 3.8) is 0 Å². The number of fused-ring (bicyclic) bond motifs is 1. The fourth-order valence-electron chi connectivity index (χ4n) is 3.03. The molecule has 2 amide bonds. The molecule has 0 radical (unpaired) electrons.